The fourth-order valence-corrected chi connectivity index (χ4v) is 3.52. The zero-order valence-electron chi connectivity index (χ0n) is 16.0. The molecule has 1 aliphatic heterocycles. The van der Waals surface area contributed by atoms with E-state index in [-0.39, 0.29) is 12.6 Å². The molecule has 0 aliphatic carbocycles. The van der Waals surface area contributed by atoms with Crippen LogP contribution in [0.3, 0.4) is 0 Å². The monoisotopic (exact) mass is 400 g/mol. The molecule has 1 aromatic heterocycles. The van der Waals surface area contributed by atoms with Gasteiger partial charge >= 0.3 is 0 Å². The number of aliphatic hydroxyl groups excluding tert-OH is 1. The Balaban J connectivity index is 1.73. The first-order valence-corrected chi connectivity index (χ1v) is 9.49. The van der Waals surface area contributed by atoms with E-state index in [4.69, 9.17) is 9.72 Å². The lowest BCUT2D eigenvalue weighted by atomic mass is 10.0. The predicted octanol–water partition coefficient (Wildman–Crippen LogP) is 3.41. The van der Waals surface area contributed by atoms with Crippen molar-refractivity contribution < 1.29 is 18.6 Å². The number of hydrogen-bond acceptors (Lipinski definition) is 6. The van der Waals surface area contributed by atoms with Crippen LogP contribution >= 0.6 is 0 Å². The minimum absolute atomic E-state index is 0.142. The highest BCUT2D eigenvalue weighted by molar-refractivity contribution is 5.81. The van der Waals surface area contributed by atoms with Crippen LogP contribution in [-0.2, 0) is 11.3 Å². The van der Waals surface area contributed by atoms with Crippen molar-refractivity contribution in [2.45, 2.75) is 19.6 Å². The number of nitrogens with zero attached hydrogens (tertiary/aromatic N) is 3. The van der Waals surface area contributed by atoms with Crippen molar-refractivity contribution in [2.24, 2.45) is 0 Å². The van der Waals surface area contributed by atoms with Gasteiger partial charge in [0.25, 0.3) is 0 Å². The molecule has 0 amide bonds. The smallest absolute Gasteiger partial charge is 0.148 e. The number of ether oxygens (including phenoxy) is 1. The Morgan fingerprint density at radius 2 is 1.86 bits per heavy atom. The highest BCUT2D eigenvalue weighted by Gasteiger charge is 2.18. The number of nitrogens with one attached hydrogen (secondary N) is 1. The molecule has 2 aromatic carbocycles. The number of rotatable bonds is 5. The van der Waals surface area contributed by atoms with E-state index in [9.17, 15) is 13.9 Å². The van der Waals surface area contributed by atoms with Gasteiger partial charge in [-0.1, -0.05) is 0 Å². The second kappa shape index (κ2) is 8.26. The highest BCUT2D eigenvalue weighted by Crippen LogP contribution is 2.29. The topological polar surface area (TPSA) is 70.5 Å². The molecule has 2 N–H and O–H groups in total. The Morgan fingerprint density at radius 3 is 2.55 bits per heavy atom. The number of aliphatic hydroxyl groups is 1. The van der Waals surface area contributed by atoms with Crippen molar-refractivity contribution in [3.05, 3.63) is 59.3 Å². The quantitative estimate of drug-likeness (QED) is 0.684. The highest BCUT2D eigenvalue weighted by atomic mass is 19.1. The number of anilines is 2. The fraction of sp³-hybridized carbons (Fsp3) is 0.333. The SMILES string of the molecule is CC(Nc1cc(F)cc(F)c1)c1cc(CO)cc2ncc(N3CCOCC3)nc12. The maximum Gasteiger partial charge on any atom is 0.148 e. The van der Waals surface area contributed by atoms with Gasteiger partial charge in [-0.05, 0) is 36.8 Å². The number of halogens is 2. The summed E-state index contributed by atoms with van der Waals surface area (Å²) in [5.41, 5.74) is 3.15. The summed E-state index contributed by atoms with van der Waals surface area (Å²) in [6.45, 7) is 4.48. The first-order chi connectivity index (χ1) is 14.0. The number of morpholine rings is 1. The average molecular weight is 400 g/mol. The maximum atomic E-state index is 13.6. The summed E-state index contributed by atoms with van der Waals surface area (Å²) in [6.07, 6.45) is 1.72. The molecule has 2 heterocycles. The molecule has 29 heavy (non-hydrogen) atoms. The number of benzene rings is 2. The molecule has 3 aromatic rings. The van der Waals surface area contributed by atoms with E-state index in [1.165, 1.54) is 12.1 Å². The Labute approximate surface area is 167 Å². The summed E-state index contributed by atoms with van der Waals surface area (Å²) in [4.78, 5) is 11.5. The lowest BCUT2D eigenvalue weighted by Crippen LogP contribution is -2.36. The van der Waals surface area contributed by atoms with Crippen LogP contribution in [-0.4, -0.2) is 41.4 Å². The summed E-state index contributed by atoms with van der Waals surface area (Å²) < 4.78 is 32.5. The van der Waals surface area contributed by atoms with Crippen LogP contribution in [0.2, 0.25) is 0 Å². The van der Waals surface area contributed by atoms with E-state index in [2.05, 4.69) is 15.2 Å². The van der Waals surface area contributed by atoms with E-state index in [1.54, 1.807) is 12.3 Å². The summed E-state index contributed by atoms with van der Waals surface area (Å²) in [7, 11) is 0. The Kier molecular flexibility index (Phi) is 5.55. The molecule has 6 nitrogen and oxygen atoms in total. The molecule has 0 spiro atoms. The third-order valence-corrected chi connectivity index (χ3v) is 4.95. The minimum Gasteiger partial charge on any atom is -0.392 e. The van der Waals surface area contributed by atoms with Gasteiger partial charge in [0.15, 0.2) is 0 Å². The molecule has 1 fully saturated rings. The normalized spacial score (nSPS) is 15.5. The van der Waals surface area contributed by atoms with Crippen LogP contribution in [0.15, 0.2) is 36.5 Å². The van der Waals surface area contributed by atoms with Gasteiger partial charge in [-0.15, -0.1) is 0 Å². The van der Waals surface area contributed by atoms with Gasteiger partial charge in [-0.25, -0.2) is 13.8 Å². The lowest BCUT2D eigenvalue weighted by Gasteiger charge is -2.28. The minimum atomic E-state index is -0.650. The van der Waals surface area contributed by atoms with Gasteiger partial charge in [-0.2, -0.15) is 0 Å². The second-order valence-electron chi connectivity index (χ2n) is 7.06. The van der Waals surface area contributed by atoms with Gasteiger partial charge in [0.2, 0.25) is 0 Å². The molecule has 4 rings (SSSR count). The molecule has 1 atom stereocenters. The largest absolute Gasteiger partial charge is 0.392 e. The van der Waals surface area contributed by atoms with Crippen molar-refractivity contribution in [1.29, 1.82) is 0 Å². The molecule has 1 saturated heterocycles. The van der Waals surface area contributed by atoms with Gasteiger partial charge in [0, 0.05) is 30.4 Å². The molecule has 1 aliphatic rings. The standard InChI is InChI=1S/C21H22F2N4O2/c1-13(25-17-9-15(22)8-16(23)10-17)18-6-14(12-28)7-19-21(18)26-20(11-24-19)27-2-4-29-5-3-27/h6-11,13,25,28H,2-5,12H2,1H3. The molecule has 1 unspecified atom stereocenters. The van der Waals surface area contributed by atoms with Crippen LogP contribution in [0.5, 0.6) is 0 Å². The molecule has 152 valence electrons. The first kappa shape index (κ1) is 19.5. The van der Waals surface area contributed by atoms with Crippen molar-refractivity contribution in [3.8, 4) is 0 Å². The van der Waals surface area contributed by atoms with Gasteiger partial charge in [-0.3, -0.25) is 4.98 Å². The third kappa shape index (κ3) is 4.28. The maximum absolute atomic E-state index is 13.6. The molecule has 0 saturated carbocycles. The van der Waals surface area contributed by atoms with Crippen LogP contribution in [0.4, 0.5) is 20.3 Å². The Bertz CT molecular complexity index is 1000. The molecule has 8 heteroatoms. The van der Waals surface area contributed by atoms with Crippen molar-refractivity contribution in [3.63, 3.8) is 0 Å². The summed E-state index contributed by atoms with van der Waals surface area (Å²) in [5.74, 6) is -0.547. The summed E-state index contributed by atoms with van der Waals surface area (Å²) in [5, 5.41) is 12.8. The number of fused-ring (bicyclic) bond motifs is 1. The molecular weight excluding hydrogens is 378 g/mol. The van der Waals surface area contributed by atoms with Crippen molar-refractivity contribution >= 4 is 22.5 Å². The zero-order valence-corrected chi connectivity index (χ0v) is 16.0. The van der Waals surface area contributed by atoms with Gasteiger partial charge < -0.3 is 20.1 Å². The second-order valence-corrected chi connectivity index (χ2v) is 7.06. The van der Waals surface area contributed by atoms with Crippen LogP contribution < -0.4 is 10.2 Å². The van der Waals surface area contributed by atoms with E-state index < -0.39 is 11.6 Å². The first-order valence-electron chi connectivity index (χ1n) is 9.49. The zero-order chi connectivity index (χ0) is 20.4. The van der Waals surface area contributed by atoms with E-state index in [0.29, 0.717) is 35.5 Å². The number of aromatic nitrogens is 2. The molecule has 0 radical (unpaired) electrons. The Morgan fingerprint density at radius 1 is 1.14 bits per heavy atom. The predicted molar refractivity (Wildman–Crippen MR) is 107 cm³/mol. The van der Waals surface area contributed by atoms with E-state index in [0.717, 1.165) is 30.5 Å². The summed E-state index contributed by atoms with van der Waals surface area (Å²) in [6, 6.07) is 6.62. The average Bonchev–Trinajstić information content (AvgIpc) is 2.72. The van der Waals surface area contributed by atoms with Gasteiger partial charge in [0.05, 0.1) is 43.1 Å². The van der Waals surface area contributed by atoms with Crippen molar-refractivity contribution in [1.82, 2.24) is 9.97 Å². The Hall–Kier alpha value is -2.84. The van der Waals surface area contributed by atoms with Crippen LogP contribution in [0.25, 0.3) is 11.0 Å². The third-order valence-electron chi connectivity index (χ3n) is 4.95. The van der Waals surface area contributed by atoms with Crippen LogP contribution in [0, 0.1) is 11.6 Å². The van der Waals surface area contributed by atoms with Crippen LogP contribution in [0.1, 0.15) is 24.1 Å². The van der Waals surface area contributed by atoms with E-state index >= 15 is 0 Å². The summed E-state index contributed by atoms with van der Waals surface area (Å²) >= 11 is 0. The van der Waals surface area contributed by atoms with Crippen molar-refractivity contribution in [2.75, 3.05) is 36.5 Å². The fourth-order valence-electron chi connectivity index (χ4n) is 3.52. The molecule has 0 bridgehead atoms. The number of hydrogen-bond donors (Lipinski definition) is 2. The van der Waals surface area contributed by atoms with Gasteiger partial charge in [0.1, 0.15) is 17.5 Å². The molecular formula is C21H22F2N4O2. The van der Waals surface area contributed by atoms with E-state index in [1.807, 2.05) is 13.0 Å². The lowest BCUT2D eigenvalue weighted by molar-refractivity contribution is 0.122.